The number of nitrogens with zero attached hydrogens (tertiary/aromatic N) is 1. The Kier molecular flexibility index (Phi) is 5.47. The molecule has 1 aliphatic heterocycles. The fraction of sp³-hybridized carbons (Fsp3) is 0.727. The van der Waals surface area contributed by atoms with Crippen molar-refractivity contribution in [2.45, 2.75) is 31.4 Å². The second-order valence-corrected chi connectivity index (χ2v) is 5.37. The molecule has 17 heavy (non-hydrogen) atoms. The fourth-order valence-corrected chi connectivity index (χ4v) is 2.42. The molecule has 1 unspecified atom stereocenters. The molecule has 2 amide bonds. The van der Waals surface area contributed by atoms with Crippen molar-refractivity contribution >= 4 is 29.5 Å². The van der Waals surface area contributed by atoms with Crippen LogP contribution in [-0.2, 0) is 19.1 Å². The van der Waals surface area contributed by atoms with Crippen molar-refractivity contribution in [2.24, 2.45) is 0 Å². The quantitative estimate of drug-likeness (QED) is 0.684. The van der Waals surface area contributed by atoms with Crippen LogP contribution in [0.25, 0.3) is 0 Å². The zero-order valence-electron chi connectivity index (χ0n) is 10.1. The third-order valence-corrected chi connectivity index (χ3v) is 3.70. The number of thioether (sulfide) groups is 1. The molecule has 1 atom stereocenters. The minimum Gasteiger partial charge on any atom is -0.469 e. The van der Waals surface area contributed by atoms with Crippen LogP contribution in [0.15, 0.2) is 0 Å². The first-order chi connectivity index (χ1) is 8.04. The van der Waals surface area contributed by atoms with Gasteiger partial charge in [-0.05, 0) is 6.42 Å². The number of esters is 1. The lowest BCUT2D eigenvalue weighted by molar-refractivity contribution is -0.141. The van der Waals surface area contributed by atoms with Crippen LogP contribution in [0.5, 0.6) is 0 Å². The number of amides is 2. The first-order valence-corrected chi connectivity index (χ1v) is 6.61. The van der Waals surface area contributed by atoms with Crippen molar-refractivity contribution in [3.05, 3.63) is 0 Å². The van der Waals surface area contributed by atoms with Gasteiger partial charge < -0.3 is 4.74 Å². The van der Waals surface area contributed by atoms with E-state index in [4.69, 9.17) is 0 Å². The number of methoxy groups -OCH3 is 1. The minimum absolute atomic E-state index is 0.0177. The Bertz CT molecular complexity index is 319. The van der Waals surface area contributed by atoms with Gasteiger partial charge in [-0.3, -0.25) is 19.3 Å². The zero-order valence-corrected chi connectivity index (χ0v) is 10.9. The van der Waals surface area contributed by atoms with E-state index in [1.165, 1.54) is 23.8 Å². The first kappa shape index (κ1) is 14.0. The van der Waals surface area contributed by atoms with E-state index in [0.29, 0.717) is 13.0 Å². The highest BCUT2D eigenvalue weighted by Gasteiger charge is 2.26. The monoisotopic (exact) mass is 259 g/mol. The summed E-state index contributed by atoms with van der Waals surface area (Å²) in [6.07, 6.45) is 1.50. The maximum atomic E-state index is 11.7. The maximum Gasteiger partial charge on any atom is 0.306 e. The highest BCUT2D eigenvalue weighted by molar-refractivity contribution is 8.00. The number of hydrogen-bond donors (Lipinski definition) is 0. The summed E-state index contributed by atoms with van der Waals surface area (Å²) >= 11 is 1.37. The summed E-state index contributed by atoms with van der Waals surface area (Å²) in [6, 6.07) is 0. The molecule has 1 fully saturated rings. The average molecular weight is 259 g/mol. The average Bonchev–Trinajstić information content (AvgIpc) is 2.72. The van der Waals surface area contributed by atoms with Crippen LogP contribution in [0.1, 0.15) is 26.2 Å². The van der Waals surface area contributed by atoms with Crippen LogP contribution < -0.4 is 0 Å². The molecule has 96 valence electrons. The van der Waals surface area contributed by atoms with Gasteiger partial charge in [-0.15, -0.1) is 11.8 Å². The molecule has 0 radical (unpaired) electrons. The van der Waals surface area contributed by atoms with E-state index in [-0.39, 0.29) is 35.2 Å². The second-order valence-electron chi connectivity index (χ2n) is 3.94. The summed E-state index contributed by atoms with van der Waals surface area (Å²) in [7, 11) is 1.34. The highest BCUT2D eigenvalue weighted by Crippen LogP contribution is 2.17. The van der Waals surface area contributed by atoms with E-state index in [2.05, 4.69) is 4.74 Å². The third kappa shape index (κ3) is 4.38. The molecule has 6 heteroatoms. The lowest BCUT2D eigenvalue weighted by atomic mass is 10.3. The molecule has 0 saturated carbocycles. The number of carbonyl (C=O) groups is 3. The predicted molar refractivity (Wildman–Crippen MR) is 64.5 cm³/mol. The van der Waals surface area contributed by atoms with E-state index >= 15 is 0 Å². The molecule has 0 aromatic heterocycles. The van der Waals surface area contributed by atoms with Crippen LogP contribution in [-0.4, -0.2) is 47.3 Å². The Hall–Kier alpha value is -1.04. The Balaban J connectivity index is 2.28. The van der Waals surface area contributed by atoms with Crippen LogP contribution in [0.3, 0.4) is 0 Å². The smallest absolute Gasteiger partial charge is 0.306 e. The minimum atomic E-state index is -0.283. The van der Waals surface area contributed by atoms with Gasteiger partial charge in [0.25, 0.3) is 0 Å². The van der Waals surface area contributed by atoms with E-state index in [1.807, 2.05) is 6.92 Å². The number of rotatable bonds is 5. The van der Waals surface area contributed by atoms with Crippen molar-refractivity contribution in [1.29, 1.82) is 0 Å². The van der Waals surface area contributed by atoms with Crippen molar-refractivity contribution in [1.82, 2.24) is 4.90 Å². The standard InChI is InChI=1S/C11H17NO4S/c1-8(6-11(15)16-2)17-7-10(14)12-5-3-4-9(12)13/h8H,3-7H2,1-2H3. The molecule has 5 nitrogen and oxygen atoms in total. The normalized spacial score (nSPS) is 17.1. The third-order valence-electron chi connectivity index (χ3n) is 2.55. The zero-order chi connectivity index (χ0) is 12.8. The Labute approximate surface area is 105 Å². The van der Waals surface area contributed by atoms with Gasteiger partial charge in [0, 0.05) is 18.2 Å². The van der Waals surface area contributed by atoms with E-state index in [1.54, 1.807) is 0 Å². The van der Waals surface area contributed by atoms with Crippen molar-refractivity contribution in [2.75, 3.05) is 19.4 Å². The van der Waals surface area contributed by atoms with Gasteiger partial charge in [0.05, 0.1) is 19.3 Å². The molecule has 1 saturated heterocycles. The van der Waals surface area contributed by atoms with E-state index < -0.39 is 0 Å². The van der Waals surface area contributed by atoms with Crippen LogP contribution >= 0.6 is 11.8 Å². The fourth-order valence-electron chi connectivity index (χ4n) is 1.58. The molecule has 0 aliphatic carbocycles. The predicted octanol–water partition coefficient (Wildman–Crippen LogP) is 0.820. The van der Waals surface area contributed by atoms with Gasteiger partial charge in [0.15, 0.2) is 0 Å². The van der Waals surface area contributed by atoms with E-state index in [9.17, 15) is 14.4 Å². The SMILES string of the molecule is COC(=O)CC(C)SCC(=O)N1CCCC1=O. The number of ether oxygens (including phenoxy) is 1. The van der Waals surface area contributed by atoms with Crippen LogP contribution in [0, 0.1) is 0 Å². The lowest BCUT2D eigenvalue weighted by Gasteiger charge is -2.15. The molecule has 0 bridgehead atoms. The molecule has 0 N–H and O–H groups in total. The number of imide groups is 1. The maximum absolute atomic E-state index is 11.7. The molecular weight excluding hydrogens is 242 g/mol. The molecule has 1 rings (SSSR count). The molecular formula is C11H17NO4S. The summed E-state index contributed by atoms with van der Waals surface area (Å²) in [6.45, 7) is 2.39. The van der Waals surface area contributed by atoms with E-state index in [0.717, 1.165) is 6.42 Å². The second kappa shape index (κ2) is 6.64. The Morgan fingerprint density at radius 2 is 2.24 bits per heavy atom. The summed E-state index contributed by atoms with van der Waals surface area (Å²) in [5.74, 6) is -0.288. The van der Waals surface area contributed by atoms with Crippen LogP contribution in [0.4, 0.5) is 0 Å². The molecule has 1 heterocycles. The lowest BCUT2D eigenvalue weighted by Crippen LogP contribution is -2.33. The van der Waals surface area contributed by atoms with Gasteiger partial charge in [0.1, 0.15) is 0 Å². The summed E-state index contributed by atoms with van der Waals surface area (Å²) in [5.41, 5.74) is 0. The van der Waals surface area contributed by atoms with Crippen molar-refractivity contribution < 1.29 is 19.1 Å². The topological polar surface area (TPSA) is 63.7 Å². The summed E-state index contributed by atoms with van der Waals surface area (Å²) < 4.78 is 4.54. The highest BCUT2D eigenvalue weighted by atomic mass is 32.2. The van der Waals surface area contributed by atoms with Crippen LogP contribution in [0.2, 0.25) is 0 Å². The number of carbonyl (C=O) groups excluding carboxylic acids is 3. The van der Waals surface area contributed by atoms with Crippen molar-refractivity contribution in [3.8, 4) is 0 Å². The van der Waals surface area contributed by atoms with Gasteiger partial charge in [-0.25, -0.2) is 0 Å². The molecule has 1 aliphatic rings. The first-order valence-electron chi connectivity index (χ1n) is 5.56. The largest absolute Gasteiger partial charge is 0.469 e. The van der Waals surface area contributed by atoms with Crippen molar-refractivity contribution in [3.63, 3.8) is 0 Å². The summed E-state index contributed by atoms with van der Waals surface area (Å²) in [5, 5.41) is 0.0177. The summed E-state index contributed by atoms with van der Waals surface area (Å²) in [4.78, 5) is 35.3. The molecule has 0 spiro atoms. The Morgan fingerprint density at radius 1 is 1.53 bits per heavy atom. The number of hydrogen-bond acceptors (Lipinski definition) is 5. The Morgan fingerprint density at radius 3 is 2.76 bits per heavy atom. The van der Waals surface area contributed by atoms with Gasteiger partial charge in [-0.2, -0.15) is 0 Å². The molecule has 0 aromatic carbocycles. The van der Waals surface area contributed by atoms with Gasteiger partial charge >= 0.3 is 5.97 Å². The van der Waals surface area contributed by atoms with Gasteiger partial charge in [0.2, 0.25) is 11.8 Å². The molecule has 0 aromatic rings. The van der Waals surface area contributed by atoms with Gasteiger partial charge in [-0.1, -0.05) is 6.92 Å². The number of likely N-dealkylation sites (tertiary alicyclic amines) is 1.